The molecule has 1 heterocycles. The molecular formula is C17H30Cl2N4O3S. The average Bonchev–Trinajstić information content (AvgIpc) is 2.58. The fourth-order valence-corrected chi connectivity index (χ4v) is 4.19. The van der Waals surface area contributed by atoms with Gasteiger partial charge in [-0.3, -0.25) is 4.79 Å². The van der Waals surface area contributed by atoms with Gasteiger partial charge in [-0.15, -0.1) is 24.8 Å². The van der Waals surface area contributed by atoms with E-state index in [1.165, 1.54) is 9.87 Å². The second-order valence-electron chi connectivity index (χ2n) is 6.29. The first-order chi connectivity index (χ1) is 11.9. The highest BCUT2D eigenvalue weighted by molar-refractivity contribution is 7.89. The van der Waals surface area contributed by atoms with Gasteiger partial charge in [0.25, 0.3) is 0 Å². The van der Waals surface area contributed by atoms with Crippen molar-refractivity contribution in [1.82, 2.24) is 14.9 Å². The number of anilines is 1. The Balaban J connectivity index is 0.00000338. The molecule has 1 amide bonds. The minimum absolute atomic E-state index is 0. The minimum atomic E-state index is -3.56. The SMILES string of the molecule is CNCCCNC(=O)CS(=O)(=O)N1CCN(c2cccc(C)c2)CC1.Cl.Cl. The molecule has 1 aliphatic rings. The van der Waals surface area contributed by atoms with Crippen molar-refractivity contribution >= 4 is 46.4 Å². The molecule has 0 spiro atoms. The third kappa shape index (κ3) is 8.23. The fourth-order valence-electron chi connectivity index (χ4n) is 2.85. The number of hydrogen-bond acceptors (Lipinski definition) is 5. The first-order valence-corrected chi connectivity index (χ1v) is 10.2. The van der Waals surface area contributed by atoms with Gasteiger partial charge in [0.2, 0.25) is 15.9 Å². The monoisotopic (exact) mass is 440 g/mol. The summed E-state index contributed by atoms with van der Waals surface area (Å²) in [5.41, 5.74) is 2.29. The Bertz CT molecular complexity index is 681. The first-order valence-electron chi connectivity index (χ1n) is 8.63. The van der Waals surface area contributed by atoms with Gasteiger partial charge in [0, 0.05) is 38.4 Å². The van der Waals surface area contributed by atoms with Crippen molar-refractivity contribution in [2.75, 3.05) is 57.0 Å². The molecule has 1 aliphatic heterocycles. The third-order valence-corrected chi connectivity index (χ3v) is 6.02. The smallest absolute Gasteiger partial charge is 0.236 e. The predicted octanol–water partition coefficient (Wildman–Crippen LogP) is 1.02. The number of benzene rings is 1. The molecular weight excluding hydrogens is 411 g/mol. The Kier molecular flexibility index (Phi) is 11.9. The lowest BCUT2D eigenvalue weighted by Gasteiger charge is -2.35. The van der Waals surface area contributed by atoms with Crippen molar-refractivity contribution in [1.29, 1.82) is 0 Å². The van der Waals surface area contributed by atoms with E-state index in [0.29, 0.717) is 32.7 Å². The summed E-state index contributed by atoms with van der Waals surface area (Å²) >= 11 is 0. The van der Waals surface area contributed by atoms with Crippen LogP contribution in [0.2, 0.25) is 0 Å². The van der Waals surface area contributed by atoms with Gasteiger partial charge in [0.1, 0.15) is 5.75 Å². The van der Waals surface area contributed by atoms with E-state index >= 15 is 0 Å². The van der Waals surface area contributed by atoms with Gasteiger partial charge in [-0.2, -0.15) is 4.31 Å². The van der Waals surface area contributed by atoms with E-state index < -0.39 is 21.7 Å². The Labute approximate surface area is 174 Å². The number of nitrogens with one attached hydrogen (secondary N) is 2. The van der Waals surface area contributed by atoms with Crippen molar-refractivity contribution in [3.63, 3.8) is 0 Å². The number of amides is 1. The zero-order chi connectivity index (χ0) is 18.3. The highest BCUT2D eigenvalue weighted by Crippen LogP contribution is 2.18. The van der Waals surface area contributed by atoms with Crippen LogP contribution in [0.25, 0.3) is 0 Å². The van der Waals surface area contributed by atoms with Crippen LogP contribution in [-0.2, 0) is 14.8 Å². The van der Waals surface area contributed by atoms with Gasteiger partial charge in [-0.05, 0) is 44.6 Å². The van der Waals surface area contributed by atoms with E-state index in [-0.39, 0.29) is 24.8 Å². The van der Waals surface area contributed by atoms with E-state index in [4.69, 9.17) is 0 Å². The topological polar surface area (TPSA) is 81.7 Å². The molecule has 7 nitrogen and oxygen atoms in total. The van der Waals surface area contributed by atoms with Crippen LogP contribution in [-0.4, -0.2) is 70.7 Å². The van der Waals surface area contributed by atoms with Gasteiger partial charge < -0.3 is 15.5 Å². The van der Waals surface area contributed by atoms with Gasteiger partial charge in [0.05, 0.1) is 0 Å². The molecule has 2 rings (SSSR count). The lowest BCUT2D eigenvalue weighted by Crippen LogP contribution is -2.50. The summed E-state index contributed by atoms with van der Waals surface area (Å²) in [5, 5.41) is 5.64. The Morgan fingerprint density at radius 1 is 1.11 bits per heavy atom. The molecule has 1 saturated heterocycles. The highest BCUT2D eigenvalue weighted by Gasteiger charge is 2.28. The molecule has 1 aromatic carbocycles. The largest absolute Gasteiger partial charge is 0.369 e. The van der Waals surface area contributed by atoms with Crippen LogP contribution in [0.1, 0.15) is 12.0 Å². The number of carbonyl (C=O) groups excluding carboxylic acids is 1. The Morgan fingerprint density at radius 3 is 2.37 bits per heavy atom. The van der Waals surface area contributed by atoms with Crippen LogP contribution in [0.5, 0.6) is 0 Å². The number of carbonyl (C=O) groups is 1. The molecule has 0 radical (unpaired) electrons. The maximum atomic E-state index is 12.4. The molecule has 0 bridgehead atoms. The van der Waals surface area contributed by atoms with Crippen LogP contribution in [0.3, 0.4) is 0 Å². The molecule has 0 unspecified atom stereocenters. The average molecular weight is 441 g/mol. The summed E-state index contributed by atoms with van der Waals surface area (Å²) in [5.74, 6) is -0.908. The van der Waals surface area contributed by atoms with Crippen molar-refractivity contribution < 1.29 is 13.2 Å². The molecule has 0 aromatic heterocycles. The number of halogens is 2. The quantitative estimate of drug-likeness (QED) is 0.589. The second-order valence-corrected chi connectivity index (χ2v) is 8.26. The first kappa shape index (κ1) is 25.9. The maximum Gasteiger partial charge on any atom is 0.236 e. The van der Waals surface area contributed by atoms with Gasteiger partial charge in [-0.25, -0.2) is 8.42 Å². The Hall–Kier alpha value is -1.06. The van der Waals surface area contributed by atoms with Gasteiger partial charge in [0.15, 0.2) is 0 Å². The van der Waals surface area contributed by atoms with Crippen LogP contribution >= 0.6 is 24.8 Å². The van der Waals surface area contributed by atoms with Crippen molar-refractivity contribution in [2.45, 2.75) is 13.3 Å². The number of hydrogen-bond donors (Lipinski definition) is 2. The maximum absolute atomic E-state index is 12.4. The Morgan fingerprint density at radius 2 is 1.78 bits per heavy atom. The summed E-state index contributed by atoms with van der Waals surface area (Å²) < 4.78 is 26.3. The third-order valence-electron chi connectivity index (χ3n) is 4.24. The van der Waals surface area contributed by atoms with Crippen LogP contribution in [0.15, 0.2) is 24.3 Å². The number of rotatable bonds is 8. The summed E-state index contributed by atoms with van der Waals surface area (Å²) in [6.07, 6.45) is 0.775. The molecule has 0 aliphatic carbocycles. The van der Waals surface area contributed by atoms with E-state index in [1.54, 1.807) is 0 Å². The summed E-state index contributed by atoms with van der Waals surface area (Å²) in [4.78, 5) is 14.0. The zero-order valence-corrected chi connectivity index (χ0v) is 18.3. The zero-order valence-electron chi connectivity index (χ0n) is 15.8. The second kappa shape index (κ2) is 12.4. The summed E-state index contributed by atoms with van der Waals surface area (Å²) in [7, 11) is -1.72. The van der Waals surface area contributed by atoms with Gasteiger partial charge in [-0.1, -0.05) is 12.1 Å². The molecule has 27 heavy (non-hydrogen) atoms. The number of aryl methyl sites for hydroxylation is 1. The predicted molar refractivity (Wildman–Crippen MR) is 115 cm³/mol. The lowest BCUT2D eigenvalue weighted by molar-refractivity contribution is -0.118. The van der Waals surface area contributed by atoms with E-state index in [9.17, 15) is 13.2 Å². The van der Waals surface area contributed by atoms with E-state index in [0.717, 1.165) is 18.7 Å². The van der Waals surface area contributed by atoms with E-state index in [1.807, 2.05) is 32.2 Å². The molecule has 2 N–H and O–H groups in total. The van der Waals surface area contributed by atoms with Crippen molar-refractivity contribution in [2.24, 2.45) is 0 Å². The van der Waals surface area contributed by atoms with E-state index in [2.05, 4.69) is 21.6 Å². The molecule has 10 heteroatoms. The summed E-state index contributed by atoms with van der Waals surface area (Å²) in [6.45, 7) is 5.38. The fraction of sp³-hybridized carbons (Fsp3) is 0.588. The standard InChI is InChI=1S/C17H28N4O3S.2ClH/c1-15-5-3-6-16(13-15)20-9-11-21(12-10-20)25(23,24)14-17(22)19-8-4-7-18-2;;/h3,5-6,13,18H,4,7-12,14H2,1-2H3,(H,19,22);2*1H. The van der Waals surface area contributed by atoms with Crippen molar-refractivity contribution in [3.8, 4) is 0 Å². The number of sulfonamides is 1. The minimum Gasteiger partial charge on any atom is -0.369 e. The molecule has 1 aromatic rings. The number of piperazine rings is 1. The summed E-state index contributed by atoms with van der Waals surface area (Å²) in [6, 6.07) is 8.18. The molecule has 0 atom stereocenters. The molecule has 156 valence electrons. The lowest BCUT2D eigenvalue weighted by atomic mass is 10.2. The molecule has 0 saturated carbocycles. The normalized spacial score (nSPS) is 14.8. The van der Waals surface area contributed by atoms with Crippen molar-refractivity contribution in [3.05, 3.63) is 29.8 Å². The number of nitrogens with zero attached hydrogens (tertiary/aromatic N) is 2. The van der Waals surface area contributed by atoms with Crippen LogP contribution < -0.4 is 15.5 Å². The highest BCUT2D eigenvalue weighted by atomic mass is 35.5. The molecule has 1 fully saturated rings. The van der Waals surface area contributed by atoms with Gasteiger partial charge >= 0.3 is 0 Å². The van der Waals surface area contributed by atoms with Crippen LogP contribution in [0.4, 0.5) is 5.69 Å². The van der Waals surface area contributed by atoms with Crippen LogP contribution in [0, 0.1) is 6.92 Å².